The van der Waals surface area contributed by atoms with Gasteiger partial charge >= 0.3 is 0 Å². The van der Waals surface area contributed by atoms with Crippen molar-refractivity contribution >= 4 is 41.5 Å². The quantitative estimate of drug-likeness (QED) is 0.452. The number of halogens is 1. The summed E-state index contributed by atoms with van der Waals surface area (Å²) in [6, 6.07) is 7.82. The Bertz CT molecular complexity index is 836. The van der Waals surface area contributed by atoms with Crippen molar-refractivity contribution in [1.29, 1.82) is 0 Å². The molecule has 0 radical (unpaired) electrons. The first-order chi connectivity index (χ1) is 13.2. The predicted octanol–water partition coefficient (Wildman–Crippen LogP) is 6.70. The summed E-state index contributed by atoms with van der Waals surface area (Å²) in [5, 5.41) is 4.24. The molecule has 2 rings (SSSR count). The van der Waals surface area contributed by atoms with Gasteiger partial charge in [-0.3, -0.25) is 4.79 Å². The van der Waals surface area contributed by atoms with Gasteiger partial charge in [0.2, 0.25) is 0 Å². The van der Waals surface area contributed by atoms with Crippen LogP contribution in [0.5, 0.6) is 0 Å². The van der Waals surface area contributed by atoms with Crippen molar-refractivity contribution < 1.29 is 9.22 Å². The fraction of sp³-hybridized carbons (Fsp3) is 0.545. The molecule has 160 valence electrons. The smallest absolute Gasteiger partial charge is 0.263 e. The summed E-state index contributed by atoms with van der Waals surface area (Å²) in [7, 11) is -1.93. The molecule has 29 heavy (non-hydrogen) atoms. The molecular weight excluding hydrogens is 464 g/mol. The molecule has 1 unspecified atom stereocenters. The van der Waals surface area contributed by atoms with Gasteiger partial charge in [0, 0.05) is 9.89 Å². The van der Waals surface area contributed by atoms with Crippen molar-refractivity contribution in [3.8, 4) is 0 Å². The molecule has 1 atom stereocenters. The summed E-state index contributed by atoms with van der Waals surface area (Å²) in [4.78, 5) is 18.0. The van der Waals surface area contributed by atoms with E-state index in [0.717, 1.165) is 15.0 Å². The van der Waals surface area contributed by atoms with E-state index in [4.69, 9.17) is 4.43 Å². The van der Waals surface area contributed by atoms with Gasteiger partial charge in [-0.15, -0.1) is 11.3 Å². The maximum Gasteiger partial charge on any atom is 0.263 e. The summed E-state index contributed by atoms with van der Waals surface area (Å²) in [5.41, 5.74) is 0.959. The number of hydrogen-bond acceptors (Lipinski definition) is 4. The number of nitrogens with one attached hydrogen (secondary N) is 1. The maximum absolute atomic E-state index is 13.0. The largest absolute Gasteiger partial charge is 0.414 e. The lowest BCUT2D eigenvalue weighted by molar-refractivity contribution is 0.0922. The van der Waals surface area contributed by atoms with Crippen LogP contribution in [0.2, 0.25) is 18.1 Å². The zero-order valence-corrected chi connectivity index (χ0v) is 22.1. The molecule has 0 aliphatic heterocycles. The summed E-state index contributed by atoms with van der Waals surface area (Å²) in [6.07, 6.45) is 1.67. The Hall–Kier alpha value is -1.02. The number of rotatable bonds is 6. The molecule has 1 heterocycles. The van der Waals surface area contributed by atoms with Gasteiger partial charge in [0.25, 0.3) is 5.91 Å². The zero-order valence-electron chi connectivity index (χ0n) is 18.7. The number of amides is 1. The normalized spacial score (nSPS) is 14.0. The molecule has 1 N–H and O–H groups in total. The van der Waals surface area contributed by atoms with Gasteiger partial charge in [-0.25, -0.2) is 4.98 Å². The highest BCUT2D eigenvalue weighted by atomic mass is 79.9. The van der Waals surface area contributed by atoms with Gasteiger partial charge in [-0.05, 0) is 35.8 Å². The van der Waals surface area contributed by atoms with E-state index < -0.39 is 8.32 Å². The van der Waals surface area contributed by atoms with Crippen molar-refractivity contribution in [1.82, 2.24) is 10.3 Å². The number of carbonyl (C=O) groups is 1. The van der Waals surface area contributed by atoms with E-state index in [2.05, 4.69) is 80.9 Å². The van der Waals surface area contributed by atoms with Gasteiger partial charge in [-0.2, -0.15) is 0 Å². The molecule has 0 spiro atoms. The molecule has 0 fully saturated rings. The lowest BCUT2D eigenvalue weighted by Gasteiger charge is -2.37. The standard InChI is InChI=1S/C22H33BrN2O2SSi/c1-21(2,3)20-24-13-18(28-20)19(26)25-17(15-9-11-16(23)12-10-15)14-27-29(7,8)22(4,5)6/h9-13,17H,14H2,1-8H3,(H,25,26). The van der Waals surface area contributed by atoms with Crippen LogP contribution in [-0.4, -0.2) is 25.8 Å². The van der Waals surface area contributed by atoms with E-state index in [1.165, 1.54) is 11.3 Å². The SMILES string of the molecule is CC(C)(C)c1ncc(C(=O)NC(CO[Si](C)(C)C(C)(C)C)c2ccc(Br)cc2)s1. The summed E-state index contributed by atoms with van der Waals surface area (Å²) >= 11 is 4.93. The zero-order chi connectivity index (χ0) is 22.0. The Balaban J connectivity index is 2.22. The van der Waals surface area contributed by atoms with Crippen molar-refractivity contribution in [2.24, 2.45) is 0 Å². The van der Waals surface area contributed by atoms with Crippen LogP contribution in [0.4, 0.5) is 0 Å². The molecule has 1 aromatic heterocycles. The molecule has 0 bridgehead atoms. The van der Waals surface area contributed by atoms with Gasteiger partial charge in [0.15, 0.2) is 8.32 Å². The maximum atomic E-state index is 13.0. The molecular formula is C22H33BrN2O2SSi. The van der Waals surface area contributed by atoms with Crippen LogP contribution in [0.15, 0.2) is 34.9 Å². The van der Waals surface area contributed by atoms with Gasteiger partial charge in [0.1, 0.15) is 4.88 Å². The second-order valence-electron chi connectivity index (χ2n) is 9.93. The first-order valence-electron chi connectivity index (χ1n) is 9.87. The van der Waals surface area contributed by atoms with E-state index in [9.17, 15) is 4.79 Å². The summed E-state index contributed by atoms with van der Waals surface area (Å²) in [5.74, 6) is -0.107. The number of benzene rings is 1. The van der Waals surface area contributed by atoms with Gasteiger partial charge in [-0.1, -0.05) is 69.6 Å². The minimum Gasteiger partial charge on any atom is -0.414 e. The fourth-order valence-corrected chi connectivity index (χ4v) is 4.54. The second kappa shape index (κ2) is 9.00. The highest BCUT2D eigenvalue weighted by molar-refractivity contribution is 9.10. The summed E-state index contributed by atoms with van der Waals surface area (Å²) in [6.45, 7) is 17.9. The molecule has 1 aromatic carbocycles. The predicted molar refractivity (Wildman–Crippen MR) is 128 cm³/mol. The fourth-order valence-electron chi connectivity index (χ4n) is 2.38. The Morgan fingerprint density at radius 2 is 1.76 bits per heavy atom. The highest BCUT2D eigenvalue weighted by Gasteiger charge is 2.38. The van der Waals surface area contributed by atoms with Crippen molar-refractivity contribution in [2.45, 2.75) is 71.1 Å². The van der Waals surface area contributed by atoms with E-state index in [1.807, 2.05) is 24.3 Å². The summed E-state index contributed by atoms with van der Waals surface area (Å²) < 4.78 is 7.45. The first kappa shape index (κ1) is 24.2. The lowest BCUT2D eigenvalue weighted by Crippen LogP contribution is -2.43. The number of hydrogen-bond donors (Lipinski definition) is 1. The third-order valence-corrected chi connectivity index (χ3v) is 11.8. The molecule has 2 aromatic rings. The van der Waals surface area contributed by atoms with E-state index in [1.54, 1.807) is 6.20 Å². The van der Waals surface area contributed by atoms with Gasteiger partial charge < -0.3 is 9.74 Å². The lowest BCUT2D eigenvalue weighted by atomic mass is 9.98. The third kappa shape index (κ3) is 6.48. The van der Waals surface area contributed by atoms with Crippen molar-refractivity contribution in [3.63, 3.8) is 0 Å². The van der Waals surface area contributed by atoms with Gasteiger partial charge in [0.05, 0.1) is 23.9 Å². The molecule has 1 amide bonds. The molecule has 0 saturated carbocycles. The Labute approximate surface area is 188 Å². The van der Waals surface area contributed by atoms with Crippen LogP contribution in [0, 0.1) is 0 Å². The monoisotopic (exact) mass is 496 g/mol. The number of nitrogens with zero attached hydrogens (tertiary/aromatic N) is 1. The Kier molecular flexibility index (Phi) is 7.52. The Morgan fingerprint density at radius 1 is 1.17 bits per heavy atom. The molecule has 0 aliphatic rings. The molecule has 0 saturated heterocycles. The van der Waals surface area contributed by atoms with Crippen LogP contribution in [0.25, 0.3) is 0 Å². The van der Waals surface area contributed by atoms with Crippen LogP contribution in [0.3, 0.4) is 0 Å². The molecule has 0 aliphatic carbocycles. The van der Waals surface area contributed by atoms with E-state index >= 15 is 0 Å². The van der Waals surface area contributed by atoms with E-state index in [0.29, 0.717) is 11.5 Å². The van der Waals surface area contributed by atoms with Crippen LogP contribution in [-0.2, 0) is 9.84 Å². The average molecular weight is 498 g/mol. The highest BCUT2D eigenvalue weighted by Crippen LogP contribution is 2.37. The van der Waals surface area contributed by atoms with Crippen LogP contribution < -0.4 is 5.32 Å². The first-order valence-corrected chi connectivity index (χ1v) is 14.4. The van der Waals surface area contributed by atoms with Crippen molar-refractivity contribution in [3.05, 3.63) is 50.4 Å². The topological polar surface area (TPSA) is 51.2 Å². The molecule has 7 heteroatoms. The van der Waals surface area contributed by atoms with Crippen LogP contribution in [0.1, 0.15) is 67.8 Å². The Morgan fingerprint density at radius 3 is 2.24 bits per heavy atom. The number of thiazole rings is 1. The minimum absolute atomic E-state index is 0.0697. The number of carbonyl (C=O) groups excluding carboxylic acids is 1. The number of aromatic nitrogens is 1. The molecule has 4 nitrogen and oxygen atoms in total. The minimum atomic E-state index is -1.93. The van der Waals surface area contributed by atoms with Crippen molar-refractivity contribution in [2.75, 3.05) is 6.61 Å². The third-order valence-electron chi connectivity index (χ3n) is 5.37. The van der Waals surface area contributed by atoms with E-state index in [-0.39, 0.29) is 22.4 Å². The average Bonchev–Trinajstić information content (AvgIpc) is 3.09. The second-order valence-corrected chi connectivity index (χ2v) is 16.7. The van der Waals surface area contributed by atoms with Crippen LogP contribution >= 0.6 is 27.3 Å².